The molecule has 1 aliphatic heterocycles. The topological polar surface area (TPSA) is 46.6 Å². The quantitative estimate of drug-likeness (QED) is 0.308. The fourth-order valence-corrected chi connectivity index (χ4v) is 5.73. The van der Waals surface area contributed by atoms with Crippen LogP contribution >= 0.6 is 0 Å². The molecule has 0 aromatic heterocycles. The van der Waals surface area contributed by atoms with E-state index in [1.165, 1.54) is 25.3 Å². The molecule has 1 heterocycles. The molecule has 0 saturated carbocycles. The Morgan fingerprint density at radius 3 is 2.26 bits per heavy atom. The van der Waals surface area contributed by atoms with Crippen molar-refractivity contribution in [3.63, 3.8) is 0 Å². The van der Waals surface area contributed by atoms with E-state index in [9.17, 15) is 8.42 Å². The van der Waals surface area contributed by atoms with Crippen molar-refractivity contribution in [2.75, 3.05) is 13.7 Å². The molecule has 0 amide bonds. The monoisotopic (exact) mass is 483 g/mol. The molecular formula is C27H27F2NO3S. The standard InChI is InChI=1S/C27H27F2NO3S/c1-20-11-17-24(18-12-20)34(31,32)30-19-25(22-13-15-23(33-2)16-14-22)26(27(30,28)29)10-6-9-21-7-4-3-5-8-21/h3-5,7-8,10-18,25H,6,9,19H2,1-2H3/b26-10-. The summed E-state index contributed by atoms with van der Waals surface area (Å²) in [6, 6.07) is 18.8. The molecule has 1 aliphatic rings. The zero-order chi connectivity index (χ0) is 24.3. The van der Waals surface area contributed by atoms with Crippen molar-refractivity contribution < 1.29 is 21.9 Å². The first kappa shape index (κ1) is 24.1. The maximum absolute atomic E-state index is 15.8. The maximum Gasteiger partial charge on any atom is 0.341 e. The SMILES string of the molecule is COc1ccc(C2CN(S(=O)(=O)c3ccc(C)cc3)C(F)(F)/C2=C\CCc2ccccc2)cc1. The lowest BCUT2D eigenvalue weighted by molar-refractivity contribution is -0.0411. The number of ether oxygens (including phenoxy) is 1. The van der Waals surface area contributed by atoms with Gasteiger partial charge in [0.15, 0.2) is 0 Å². The van der Waals surface area contributed by atoms with Crippen molar-refractivity contribution in [1.82, 2.24) is 4.31 Å². The summed E-state index contributed by atoms with van der Waals surface area (Å²) < 4.78 is 63.7. The van der Waals surface area contributed by atoms with Gasteiger partial charge in [0, 0.05) is 18.0 Å². The van der Waals surface area contributed by atoms with Gasteiger partial charge in [-0.1, -0.05) is 66.2 Å². The molecule has 178 valence electrons. The summed E-state index contributed by atoms with van der Waals surface area (Å²) in [5.74, 6) is -0.163. The van der Waals surface area contributed by atoms with Gasteiger partial charge in [-0.2, -0.15) is 8.78 Å². The van der Waals surface area contributed by atoms with Crippen molar-refractivity contribution in [3.8, 4) is 5.75 Å². The van der Waals surface area contributed by atoms with Crippen molar-refractivity contribution in [2.24, 2.45) is 0 Å². The summed E-state index contributed by atoms with van der Waals surface area (Å²) in [5.41, 5.74) is 2.31. The highest BCUT2D eigenvalue weighted by molar-refractivity contribution is 7.89. The molecule has 1 fully saturated rings. The number of halogens is 2. The largest absolute Gasteiger partial charge is 0.497 e. The number of sulfonamides is 1. The molecule has 3 aromatic rings. The van der Waals surface area contributed by atoms with Crippen LogP contribution in [0, 0.1) is 6.92 Å². The molecule has 1 atom stereocenters. The molecule has 0 N–H and O–H groups in total. The number of hydrogen-bond donors (Lipinski definition) is 0. The molecule has 34 heavy (non-hydrogen) atoms. The van der Waals surface area contributed by atoms with Gasteiger partial charge < -0.3 is 4.74 Å². The Bertz CT molecular complexity index is 1260. The van der Waals surface area contributed by atoms with E-state index in [0.29, 0.717) is 28.5 Å². The van der Waals surface area contributed by atoms with Crippen LogP contribution in [0.5, 0.6) is 5.75 Å². The first-order valence-corrected chi connectivity index (χ1v) is 12.5. The second kappa shape index (κ2) is 9.68. The highest BCUT2D eigenvalue weighted by Gasteiger charge is 2.57. The summed E-state index contributed by atoms with van der Waals surface area (Å²) >= 11 is 0. The minimum Gasteiger partial charge on any atom is -0.497 e. The average molecular weight is 484 g/mol. The number of methoxy groups -OCH3 is 1. The van der Waals surface area contributed by atoms with Gasteiger partial charge in [-0.05, 0) is 55.2 Å². The van der Waals surface area contributed by atoms with Crippen molar-refractivity contribution in [2.45, 2.75) is 36.6 Å². The third-order valence-corrected chi connectivity index (χ3v) is 7.98. The Balaban J connectivity index is 1.71. The van der Waals surface area contributed by atoms with Crippen molar-refractivity contribution in [1.29, 1.82) is 0 Å². The molecule has 4 nitrogen and oxygen atoms in total. The predicted molar refractivity (Wildman–Crippen MR) is 129 cm³/mol. The van der Waals surface area contributed by atoms with E-state index >= 15 is 8.78 Å². The smallest absolute Gasteiger partial charge is 0.341 e. The summed E-state index contributed by atoms with van der Waals surface area (Å²) in [5, 5.41) is 0. The highest BCUT2D eigenvalue weighted by Crippen LogP contribution is 2.48. The lowest BCUT2D eigenvalue weighted by Crippen LogP contribution is -2.41. The van der Waals surface area contributed by atoms with Gasteiger partial charge in [-0.25, -0.2) is 8.42 Å². The molecule has 3 aromatic carbocycles. The fraction of sp³-hybridized carbons (Fsp3) is 0.259. The zero-order valence-electron chi connectivity index (χ0n) is 19.1. The second-order valence-electron chi connectivity index (χ2n) is 8.40. The normalized spacial score (nSPS) is 19.4. The molecule has 0 bridgehead atoms. The van der Waals surface area contributed by atoms with Gasteiger partial charge >= 0.3 is 6.05 Å². The molecule has 4 rings (SSSR count). The Morgan fingerprint density at radius 2 is 1.65 bits per heavy atom. The summed E-state index contributed by atoms with van der Waals surface area (Å²) in [6.07, 6.45) is 2.47. The number of rotatable bonds is 7. The number of nitrogens with zero attached hydrogens (tertiary/aromatic N) is 1. The summed E-state index contributed by atoms with van der Waals surface area (Å²) in [7, 11) is -2.88. The summed E-state index contributed by atoms with van der Waals surface area (Å²) in [4.78, 5) is -0.142. The van der Waals surface area contributed by atoms with E-state index in [-0.39, 0.29) is 17.0 Å². The number of hydrogen-bond acceptors (Lipinski definition) is 3. The Morgan fingerprint density at radius 1 is 1.00 bits per heavy atom. The van der Waals surface area contributed by atoms with Crippen LogP contribution in [0.2, 0.25) is 0 Å². The number of benzene rings is 3. The van der Waals surface area contributed by atoms with E-state index in [1.807, 2.05) is 37.3 Å². The van der Waals surface area contributed by atoms with Gasteiger partial charge in [0.2, 0.25) is 10.0 Å². The van der Waals surface area contributed by atoms with Crippen molar-refractivity contribution >= 4 is 10.0 Å². The van der Waals surface area contributed by atoms with E-state index in [4.69, 9.17) is 4.74 Å². The van der Waals surface area contributed by atoms with E-state index < -0.39 is 22.0 Å². The van der Waals surface area contributed by atoms with Gasteiger partial charge in [0.1, 0.15) is 5.75 Å². The zero-order valence-corrected chi connectivity index (χ0v) is 19.9. The van der Waals surface area contributed by atoms with Crippen LogP contribution in [0.4, 0.5) is 8.78 Å². The molecule has 1 unspecified atom stereocenters. The highest BCUT2D eigenvalue weighted by atomic mass is 32.2. The minimum atomic E-state index is -4.41. The molecule has 7 heteroatoms. The Labute approximate surface area is 199 Å². The molecule has 0 aliphatic carbocycles. The first-order chi connectivity index (χ1) is 16.2. The van der Waals surface area contributed by atoms with Crippen LogP contribution in [0.25, 0.3) is 0 Å². The van der Waals surface area contributed by atoms with Crippen LogP contribution < -0.4 is 4.74 Å². The van der Waals surface area contributed by atoms with E-state index in [2.05, 4.69) is 0 Å². The van der Waals surface area contributed by atoms with Crippen LogP contribution in [0.1, 0.15) is 29.0 Å². The van der Waals surface area contributed by atoms with Crippen LogP contribution in [-0.2, 0) is 16.4 Å². The molecule has 0 radical (unpaired) electrons. The predicted octanol–water partition coefficient (Wildman–Crippen LogP) is 5.94. The summed E-state index contributed by atoms with van der Waals surface area (Å²) in [6.45, 7) is 1.47. The molecular weight excluding hydrogens is 456 g/mol. The Hall–Kier alpha value is -3.03. The lowest BCUT2D eigenvalue weighted by Gasteiger charge is -2.24. The fourth-order valence-electron chi connectivity index (χ4n) is 4.24. The third kappa shape index (κ3) is 4.76. The lowest BCUT2D eigenvalue weighted by atomic mass is 9.91. The average Bonchev–Trinajstić information content (AvgIpc) is 3.11. The van der Waals surface area contributed by atoms with E-state index in [0.717, 1.165) is 11.1 Å². The van der Waals surface area contributed by atoms with Gasteiger partial charge in [0.05, 0.1) is 12.0 Å². The van der Waals surface area contributed by atoms with Gasteiger partial charge in [-0.3, -0.25) is 0 Å². The number of aryl methyl sites for hydroxylation is 2. The first-order valence-electron chi connectivity index (χ1n) is 11.1. The van der Waals surface area contributed by atoms with Crippen LogP contribution in [0.3, 0.4) is 0 Å². The van der Waals surface area contributed by atoms with Gasteiger partial charge in [0.25, 0.3) is 0 Å². The second-order valence-corrected chi connectivity index (χ2v) is 10.3. The van der Waals surface area contributed by atoms with E-state index in [1.54, 1.807) is 36.4 Å². The molecule has 1 saturated heterocycles. The maximum atomic E-state index is 15.8. The number of allylic oxidation sites excluding steroid dienone is 1. The van der Waals surface area contributed by atoms with Crippen LogP contribution in [-0.4, -0.2) is 32.4 Å². The minimum absolute atomic E-state index is 0.142. The van der Waals surface area contributed by atoms with Gasteiger partial charge in [-0.15, -0.1) is 4.31 Å². The molecule has 0 spiro atoms. The number of alkyl halides is 2. The Kier molecular flexibility index (Phi) is 6.86. The van der Waals surface area contributed by atoms with Crippen LogP contribution in [0.15, 0.2) is 95.4 Å². The third-order valence-electron chi connectivity index (χ3n) is 6.15. The van der Waals surface area contributed by atoms with Crippen molar-refractivity contribution in [3.05, 3.63) is 107 Å².